The largest absolute Gasteiger partial charge is 1.00 e. The minimum absolute atomic E-state index is 0. The van der Waals surface area contributed by atoms with Crippen molar-refractivity contribution >= 4 is 16.7 Å². The molecule has 0 heterocycles. The molecule has 0 fully saturated rings. The second-order valence-electron chi connectivity index (χ2n) is 4.96. The molecule has 0 bridgehead atoms. The molecule has 0 saturated heterocycles. The maximum atomic E-state index is 11.5. The summed E-state index contributed by atoms with van der Waals surface area (Å²) in [6.45, 7) is 3.73. The molecule has 0 saturated carbocycles. The summed E-state index contributed by atoms with van der Waals surface area (Å²) in [5.74, 6) is -1.04. The number of carbonyl (C=O) groups is 1. The molecule has 2 nitrogen and oxygen atoms in total. The zero-order chi connectivity index (χ0) is 12.2. The van der Waals surface area contributed by atoms with E-state index in [1.807, 2.05) is 43.3 Å². The van der Waals surface area contributed by atoms with E-state index in [4.69, 9.17) is 0 Å². The van der Waals surface area contributed by atoms with E-state index < -0.39 is 11.4 Å². The number of hydrogen-bond donors (Lipinski definition) is 0. The van der Waals surface area contributed by atoms with Crippen molar-refractivity contribution in [3.05, 3.63) is 47.5 Å². The van der Waals surface area contributed by atoms with Gasteiger partial charge in [0.15, 0.2) is 0 Å². The van der Waals surface area contributed by atoms with E-state index in [0.717, 1.165) is 21.9 Å². The van der Waals surface area contributed by atoms with Crippen LogP contribution < -0.4 is 24.0 Å². The molecule has 0 aliphatic heterocycles. The van der Waals surface area contributed by atoms with Gasteiger partial charge < -0.3 is 9.90 Å². The molecule has 2 aromatic rings. The van der Waals surface area contributed by atoms with Gasteiger partial charge in [0, 0.05) is 5.41 Å². The van der Waals surface area contributed by atoms with E-state index in [1.54, 1.807) is 6.92 Å². The average Bonchev–Trinajstić information content (AvgIpc) is 2.56. The first-order chi connectivity index (χ1) is 8.06. The van der Waals surface area contributed by atoms with Crippen LogP contribution in [0.1, 0.15) is 30.9 Å². The standard InChI is InChI=1S/C15H14O2.Li/c1-9-11-7-3-5-10-6-4-8-12(13(10)11)15(9,2)14(16)17;/h3-9H,1-2H3,(H,16,17);/q;+1/p-1/t9-,15-;/m1./s1. The molecule has 0 N–H and O–H groups in total. The first-order valence-electron chi connectivity index (χ1n) is 5.80. The van der Waals surface area contributed by atoms with Crippen LogP contribution in [0.2, 0.25) is 0 Å². The van der Waals surface area contributed by atoms with Gasteiger partial charge in [0.1, 0.15) is 0 Å². The Labute approximate surface area is 118 Å². The number of carboxylic acids is 1. The quantitative estimate of drug-likeness (QED) is 0.590. The van der Waals surface area contributed by atoms with Crippen LogP contribution in [-0.2, 0) is 10.2 Å². The normalized spacial score (nSPS) is 24.9. The Morgan fingerprint density at radius 2 is 1.83 bits per heavy atom. The summed E-state index contributed by atoms with van der Waals surface area (Å²) in [5, 5.41) is 13.7. The molecule has 3 rings (SSSR count). The second-order valence-corrected chi connectivity index (χ2v) is 4.96. The molecule has 1 aliphatic carbocycles. The zero-order valence-electron chi connectivity index (χ0n) is 10.9. The van der Waals surface area contributed by atoms with Gasteiger partial charge in [-0.3, -0.25) is 0 Å². The summed E-state index contributed by atoms with van der Waals surface area (Å²) in [4.78, 5) is 11.5. The Hall–Kier alpha value is -1.23. The van der Waals surface area contributed by atoms with Gasteiger partial charge in [0.25, 0.3) is 0 Å². The summed E-state index contributed by atoms with van der Waals surface area (Å²) in [5.41, 5.74) is 1.09. The summed E-state index contributed by atoms with van der Waals surface area (Å²) in [6, 6.07) is 11.9. The fourth-order valence-corrected chi connectivity index (χ4v) is 2.99. The van der Waals surface area contributed by atoms with Crippen LogP contribution in [0.3, 0.4) is 0 Å². The number of benzene rings is 2. The van der Waals surface area contributed by atoms with E-state index in [1.165, 1.54) is 0 Å². The van der Waals surface area contributed by atoms with Crippen LogP contribution in [0.5, 0.6) is 0 Å². The smallest absolute Gasteiger partial charge is 0.549 e. The average molecular weight is 232 g/mol. The van der Waals surface area contributed by atoms with E-state index >= 15 is 0 Å². The first kappa shape index (κ1) is 13.2. The van der Waals surface area contributed by atoms with Gasteiger partial charge >= 0.3 is 18.9 Å². The molecule has 2 aromatic carbocycles. The van der Waals surface area contributed by atoms with E-state index in [9.17, 15) is 9.90 Å². The Balaban J connectivity index is 0.00000120. The van der Waals surface area contributed by atoms with Gasteiger partial charge in [-0.25, -0.2) is 0 Å². The predicted octanol–water partition coefficient (Wildman–Crippen LogP) is -1.03. The number of aliphatic carboxylic acids is 1. The van der Waals surface area contributed by atoms with Crippen LogP contribution >= 0.6 is 0 Å². The minimum Gasteiger partial charge on any atom is -0.549 e. The fraction of sp³-hybridized carbons (Fsp3) is 0.267. The second kappa shape index (κ2) is 4.15. The Morgan fingerprint density at radius 1 is 1.22 bits per heavy atom. The summed E-state index contributed by atoms with van der Waals surface area (Å²) in [7, 11) is 0. The summed E-state index contributed by atoms with van der Waals surface area (Å²) >= 11 is 0. The molecule has 0 aromatic heterocycles. The van der Waals surface area contributed by atoms with Gasteiger partial charge in [0.2, 0.25) is 0 Å². The first-order valence-corrected chi connectivity index (χ1v) is 5.80. The van der Waals surface area contributed by atoms with E-state index in [0.29, 0.717) is 0 Å². The number of carboxylic acid groups (broad SMARTS) is 1. The maximum absolute atomic E-state index is 11.5. The van der Waals surface area contributed by atoms with Crippen LogP contribution in [0.25, 0.3) is 10.8 Å². The molecule has 3 heteroatoms. The Morgan fingerprint density at radius 3 is 2.44 bits per heavy atom. The minimum atomic E-state index is -0.992. The van der Waals surface area contributed by atoms with Crippen LogP contribution in [0, 0.1) is 0 Å². The van der Waals surface area contributed by atoms with E-state index in [-0.39, 0.29) is 24.8 Å². The summed E-state index contributed by atoms with van der Waals surface area (Å²) in [6.07, 6.45) is 0. The molecule has 18 heavy (non-hydrogen) atoms. The summed E-state index contributed by atoms with van der Waals surface area (Å²) < 4.78 is 0. The predicted molar refractivity (Wildman–Crippen MR) is 64.7 cm³/mol. The van der Waals surface area contributed by atoms with Crippen molar-refractivity contribution in [1.82, 2.24) is 0 Å². The van der Waals surface area contributed by atoms with Crippen molar-refractivity contribution in [2.45, 2.75) is 25.2 Å². The van der Waals surface area contributed by atoms with Gasteiger partial charge in [-0.2, -0.15) is 0 Å². The SMILES string of the molecule is C[C@@H]1c2cccc3cccc(c23)[C@]1(C)C(=O)[O-].[Li+]. The van der Waals surface area contributed by atoms with E-state index in [2.05, 4.69) is 0 Å². The van der Waals surface area contributed by atoms with Crippen molar-refractivity contribution in [1.29, 1.82) is 0 Å². The third-order valence-electron chi connectivity index (χ3n) is 4.25. The zero-order valence-corrected chi connectivity index (χ0v) is 10.9. The molecular formula is C15H13LiO2. The molecule has 0 spiro atoms. The van der Waals surface area contributed by atoms with Crippen molar-refractivity contribution in [3.63, 3.8) is 0 Å². The van der Waals surface area contributed by atoms with Crippen molar-refractivity contribution in [3.8, 4) is 0 Å². The van der Waals surface area contributed by atoms with Crippen molar-refractivity contribution in [2.75, 3.05) is 0 Å². The Kier molecular flexibility index (Phi) is 3.05. The topological polar surface area (TPSA) is 40.1 Å². The molecule has 0 radical (unpaired) electrons. The number of hydrogen-bond acceptors (Lipinski definition) is 2. The van der Waals surface area contributed by atoms with Gasteiger partial charge in [0.05, 0.1) is 5.97 Å². The number of carbonyl (C=O) groups excluding carboxylic acids is 1. The molecule has 2 atom stereocenters. The molecule has 1 aliphatic rings. The van der Waals surface area contributed by atoms with Gasteiger partial charge in [-0.05, 0) is 34.7 Å². The van der Waals surface area contributed by atoms with Crippen LogP contribution in [-0.4, -0.2) is 5.97 Å². The van der Waals surface area contributed by atoms with Crippen LogP contribution in [0.15, 0.2) is 36.4 Å². The van der Waals surface area contributed by atoms with Gasteiger partial charge in [-0.1, -0.05) is 43.3 Å². The van der Waals surface area contributed by atoms with Gasteiger partial charge in [-0.15, -0.1) is 0 Å². The molecule has 0 amide bonds. The molecule has 0 unspecified atom stereocenters. The van der Waals surface area contributed by atoms with Crippen LogP contribution in [0.4, 0.5) is 0 Å². The molecule has 86 valence electrons. The van der Waals surface area contributed by atoms with Crippen molar-refractivity contribution < 1.29 is 28.8 Å². The fourth-order valence-electron chi connectivity index (χ4n) is 2.99. The third-order valence-corrected chi connectivity index (χ3v) is 4.25. The third kappa shape index (κ3) is 1.40. The maximum Gasteiger partial charge on any atom is 1.00 e. The number of rotatable bonds is 1. The monoisotopic (exact) mass is 232 g/mol. The Bertz CT molecular complexity index is 630. The van der Waals surface area contributed by atoms with Crippen molar-refractivity contribution in [2.24, 2.45) is 0 Å². The molecular weight excluding hydrogens is 219 g/mol.